The van der Waals surface area contributed by atoms with E-state index in [0.717, 1.165) is 10.8 Å². The molecule has 0 aliphatic heterocycles. The molecule has 0 unspecified atom stereocenters. The van der Waals surface area contributed by atoms with Crippen LogP contribution in [0.15, 0.2) is 45.7 Å². The SMILES string of the molecule is CC(C)[C@H](NS(=O)(=O)c1ccc2c(c1)oc1cc(N)ccc12)C(=O)O. The van der Waals surface area contributed by atoms with Crippen LogP contribution in [0.4, 0.5) is 5.69 Å². The maximum Gasteiger partial charge on any atom is 0.322 e. The lowest BCUT2D eigenvalue weighted by Crippen LogP contribution is -2.44. The van der Waals surface area contributed by atoms with Gasteiger partial charge < -0.3 is 15.3 Å². The van der Waals surface area contributed by atoms with Gasteiger partial charge in [-0.1, -0.05) is 13.8 Å². The van der Waals surface area contributed by atoms with Crippen molar-refractivity contribution >= 4 is 43.6 Å². The van der Waals surface area contributed by atoms with E-state index in [0.29, 0.717) is 16.9 Å². The largest absolute Gasteiger partial charge is 0.480 e. The predicted molar refractivity (Wildman–Crippen MR) is 94.7 cm³/mol. The van der Waals surface area contributed by atoms with E-state index in [2.05, 4.69) is 4.72 Å². The van der Waals surface area contributed by atoms with Crippen LogP contribution >= 0.6 is 0 Å². The highest BCUT2D eigenvalue weighted by Crippen LogP contribution is 2.31. The molecule has 0 spiro atoms. The molecular formula is C17H18N2O5S. The molecule has 8 heteroatoms. The number of furan rings is 1. The zero-order valence-corrected chi connectivity index (χ0v) is 14.5. The van der Waals surface area contributed by atoms with Crippen molar-refractivity contribution in [2.24, 2.45) is 5.92 Å². The quantitative estimate of drug-likeness (QED) is 0.600. The van der Waals surface area contributed by atoms with Gasteiger partial charge in [0, 0.05) is 28.6 Å². The molecule has 1 aromatic heterocycles. The van der Waals surface area contributed by atoms with Crippen molar-refractivity contribution in [3.05, 3.63) is 36.4 Å². The Hall–Kier alpha value is -2.58. The topological polar surface area (TPSA) is 123 Å². The summed E-state index contributed by atoms with van der Waals surface area (Å²) in [5.74, 6) is -1.62. The average Bonchev–Trinajstić information content (AvgIpc) is 2.88. The van der Waals surface area contributed by atoms with Gasteiger partial charge >= 0.3 is 5.97 Å². The fraction of sp³-hybridized carbons (Fsp3) is 0.235. The molecule has 0 aliphatic carbocycles. The molecule has 3 rings (SSSR count). The number of sulfonamides is 1. The van der Waals surface area contributed by atoms with Crippen molar-refractivity contribution in [1.82, 2.24) is 4.72 Å². The predicted octanol–water partition coefficient (Wildman–Crippen LogP) is 2.56. The van der Waals surface area contributed by atoms with Gasteiger partial charge in [0.15, 0.2) is 0 Å². The van der Waals surface area contributed by atoms with E-state index in [1.807, 2.05) is 6.07 Å². The summed E-state index contributed by atoms with van der Waals surface area (Å²) in [6.45, 7) is 3.27. The maximum atomic E-state index is 12.5. The van der Waals surface area contributed by atoms with Gasteiger partial charge in [-0.15, -0.1) is 0 Å². The lowest BCUT2D eigenvalue weighted by molar-refractivity contribution is -0.140. The fourth-order valence-corrected chi connectivity index (χ4v) is 4.00. The second-order valence-corrected chi connectivity index (χ2v) is 7.91. The number of fused-ring (bicyclic) bond motifs is 3. The average molecular weight is 362 g/mol. The number of hydrogen-bond donors (Lipinski definition) is 3. The first kappa shape index (κ1) is 17.2. The second kappa shape index (κ2) is 6.05. The zero-order valence-electron chi connectivity index (χ0n) is 13.7. The Morgan fingerprint density at radius 2 is 1.72 bits per heavy atom. The minimum atomic E-state index is -4.00. The summed E-state index contributed by atoms with van der Waals surface area (Å²) in [6, 6.07) is 8.45. The smallest absolute Gasteiger partial charge is 0.322 e. The van der Waals surface area contributed by atoms with Gasteiger partial charge in [0.2, 0.25) is 10.0 Å². The molecule has 0 saturated carbocycles. The fourth-order valence-electron chi connectivity index (χ4n) is 2.65. The molecule has 0 radical (unpaired) electrons. The van der Waals surface area contributed by atoms with Crippen molar-refractivity contribution in [2.75, 3.05) is 5.73 Å². The lowest BCUT2D eigenvalue weighted by Gasteiger charge is -2.17. The van der Waals surface area contributed by atoms with Crippen molar-refractivity contribution < 1.29 is 22.7 Å². The van der Waals surface area contributed by atoms with Crippen LogP contribution in [-0.4, -0.2) is 25.5 Å². The molecule has 1 heterocycles. The first-order chi connectivity index (χ1) is 11.7. The van der Waals surface area contributed by atoms with Gasteiger partial charge in [-0.25, -0.2) is 8.42 Å². The third-order valence-electron chi connectivity index (χ3n) is 3.99. The number of benzene rings is 2. The normalized spacial score (nSPS) is 13.6. The van der Waals surface area contributed by atoms with Crippen LogP contribution in [0.2, 0.25) is 0 Å². The summed E-state index contributed by atoms with van der Waals surface area (Å²) in [5, 5.41) is 10.8. The third kappa shape index (κ3) is 3.18. The Bertz CT molecular complexity index is 1070. The second-order valence-electron chi connectivity index (χ2n) is 6.20. The van der Waals surface area contributed by atoms with Gasteiger partial charge in [-0.3, -0.25) is 4.79 Å². The Morgan fingerprint density at radius 3 is 2.32 bits per heavy atom. The number of rotatable bonds is 5. The molecule has 25 heavy (non-hydrogen) atoms. The van der Waals surface area contributed by atoms with Crippen LogP contribution in [0.3, 0.4) is 0 Å². The number of nitrogens with two attached hydrogens (primary N) is 1. The molecule has 0 saturated heterocycles. The van der Waals surface area contributed by atoms with E-state index in [4.69, 9.17) is 10.2 Å². The highest BCUT2D eigenvalue weighted by atomic mass is 32.2. The number of carboxylic acid groups (broad SMARTS) is 1. The minimum Gasteiger partial charge on any atom is -0.480 e. The van der Waals surface area contributed by atoms with E-state index < -0.39 is 28.0 Å². The van der Waals surface area contributed by atoms with Crippen molar-refractivity contribution in [1.29, 1.82) is 0 Å². The van der Waals surface area contributed by atoms with Crippen LogP contribution in [0.25, 0.3) is 21.9 Å². The summed E-state index contributed by atoms with van der Waals surface area (Å²) >= 11 is 0. The van der Waals surface area contributed by atoms with Crippen LogP contribution < -0.4 is 10.5 Å². The van der Waals surface area contributed by atoms with E-state index in [1.165, 1.54) is 12.1 Å². The molecule has 0 amide bonds. The Balaban J connectivity index is 2.06. The molecule has 0 bridgehead atoms. The summed E-state index contributed by atoms with van der Waals surface area (Å²) in [5.41, 5.74) is 7.23. The van der Waals surface area contributed by atoms with Crippen molar-refractivity contribution in [3.63, 3.8) is 0 Å². The number of carboxylic acids is 1. The number of hydrogen-bond acceptors (Lipinski definition) is 5. The monoisotopic (exact) mass is 362 g/mol. The zero-order chi connectivity index (χ0) is 18.4. The van der Waals surface area contributed by atoms with Crippen LogP contribution in [0.5, 0.6) is 0 Å². The van der Waals surface area contributed by atoms with Crippen LogP contribution in [0.1, 0.15) is 13.8 Å². The molecule has 132 valence electrons. The van der Waals surface area contributed by atoms with Gasteiger partial charge in [0.25, 0.3) is 0 Å². The van der Waals surface area contributed by atoms with Crippen molar-refractivity contribution in [3.8, 4) is 0 Å². The first-order valence-corrected chi connectivity index (χ1v) is 9.14. The van der Waals surface area contributed by atoms with Crippen LogP contribution in [0, 0.1) is 5.92 Å². The Kier molecular flexibility index (Phi) is 4.18. The van der Waals surface area contributed by atoms with Crippen LogP contribution in [-0.2, 0) is 14.8 Å². The maximum absolute atomic E-state index is 12.5. The molecule has 0 aliphatic rings. The summed E-state index contributed by atoms with van der Waals surface area (Å²) in [6.07, 6.45) is 0. The van der Waals surface area contributed by atoms with E-state index >= 15 is 0 Å². The molecular weight excluding hydrogens is 344 g/mol. The molecule has 2 aromatic carbocycles. The Labute approximate surface area is 144 Å². The summed E-state index contributed by atoms with van der Waals surface area (Å²) in [4.78, 5) is 11.2. The minimum absolute atomic E-state index is 0.0565. The molecule has 1 atom stereocenters. The molecule has 4 N–H and O–H groups in total. The van der Waals surface area contributed by atoms with Crippen molar-refractivity contribution in [2.45, 2.75) is 24.8 Å². The van der Waals surface area contributed by atoms with E-state index in [1.54, 1.807) is 32.0 Å². The number of nitrogens with one attached hydrogen (secondary N) is 1. The summed E-state index contributed by atoms with van der Waals surface area (Å²) < 4.78 is 33.0. The van der Waals surface area contributed by atoms with Gasteiger partial charge in [0.1, 0.15) is 17.2 Å². The van der Waals surface area contributed by atoms with Gasteiger partial charge in [0.05, 0.1) is 4.90 Å². The van der Waals surface area contributed by atoms with E-state index in [9.17, 15) is 18.3 Å². The number of nitrogen functional groups attached to an aromatic ring is 1. The summed E-state index contributed by atoms with van der Waals surface area (Å²) in [7, 11) is -4.00. The first-order valence-electron chi connectivity index (χ1n) is 7.66. The van der Waals surface area contributed by atoms with Gasteiger partial charge in [-0.05, 0) is 30.2 Å². The number of anilines is 1. The Morgan fingerprint density at radius 1 is 1.12 bits per heavy atom. The lowest BCUT2D eigenvalue weighted by atomic mass is 10.1. The highest BCUT2D eigenvalue weighted by molar-refractivity contribution is 7.89. The number of carbonyl (C=O) groups is 1. The third-order valence-corrected chi connectivity index (χ3v) is 5.43. The molecule has 3 aromatic rings. The standard InChI is InChI=1S/C17H18N2O5S/c1-9(2)16(17(20)21)19-25(22,23)11-4-6-13-12-5-3-10(18)7-14(12)24-15(13)8-11/h3-9,16,19H,18H2,1-2H3,(H,20,21)/t16-/m0/s1. The number of aliphatic carboxylic acids is 1. The van der Waals surface area contributed by atoms with Gasteiger partial charge in [-0.2, -0.15) is 4.72 Å². The highest BCUT2D eigenvalue weighted by Gasteiger charge is 2.28. The van der Waals surface area contributed by atoms with E-state index in [-0.39, 0.29) is 4.90 Å². The molecule has 0 fully saturated rings. The molecule has 7 nitrogen and oxygen atoms in total.